The number of tetrazole rings is 1. The molecule has 0 bridgehead atoms. The van der Waals surface area contributed by atoms with E-state index in [1.54, 1.807) is 0 Å². The summed E-state index contributed by atoms with van der Waals surface area (Å²) in [7, 11) is 0. The van der Waals surface area contributed by atoms with Gasteiger partial charge in [0.2, 0.25) is 0 Å². The van der Waals surface area contributed by atoms with Gasteiger partial charge in [-0.25, -0.2) is 0 Å². The molecule has 1 aromatic heterocycles. The summed E-state index contributed by atoms with van der Waals surface area (Å²) in [6.07, 6.45) is 0. The molecule has 11 heavy (non-hydrogen) atoms. The molecule has 0 aliphatic carbocycles. The Hall–Kier alpha value is -0.610. The molecule has 1 aromatic rings. The first kappa shape index (κ1) is 16.8. The fourth-order valence-electron chi connectivity index (χ4n) is 0.232. The summed E-state index contributed by atoms with van der Waals surface area (Å²) >= 11 is 0. The molecular weight excluding hydrogens is 169 g/mol. The van der Waals surface area contributed by atoms with Gasteiger partial charge in [-0.15, -0.1) is 5.10 Å². The van der Waals surface area contributed by atoms with Crippen molar-refractivity contribution in [3.8, 4) is 0 Å². The number of aromatic nitrogens is 4. The van der Waals surface area contributed by atoms with Crippen LogP contribution in [0.5, 0.6) is 0 Å². The fourth-order valence-corrected chi connectivity index (χ4v) is 0.232. The van der Waals surface area contributed by atoms with Crippen molar-refractivity contribution in [1.29, 1.82) is 0 Å². The Morgan fingerprint density at radius 3 is 2.18 bits per heavy atom. The van der Waals surface area contributed by atoms with Crippen LogP contribution in [0.4, 0.5) is 5.95 Å². The zero-order valence-corrected chi connectivity index (χ0v) is 7.61. The molecule has 0 fully saturated rings. The molecule has 1 rings (SSSR count). The van der Waals surface area contributed by atoms with E-state index in [0.29, 0.717) is 0 Å². The van der Waals surface area contributed by atoms with Gasteiger partial charge in [0.15, 0.2) is 0 Å². The number of nitro groups is 1. The van der Waals surface area contributed by atoms with Gasteiger partial charge in [-0.1, -0.05) is 0 Å². The van der Waals surface area contributed by atoms with Crippen LogP contribution in [0, 0.1) is 10.1 Å². The Labute approximate surface area is 82.2 Å². The fraction of sp³-hybridized carbons (Fsp3) is 0. The molecule has 58 valence electrons. The predicted octanol–water partition coefficient (Wildman–Crippen LogP) is -5.54. The van der Waals surface area contributed by atoms with Crippen molar-refractivity contribution in [2.24, 2.45) is 0 Å². The second-order valence-corrected chi connectivity index (χ2v) is 0.982. The summed E-state index contributed by atoms with van der Waals surface area (Å²) < 4.78 is 0. The maximum absolute atomic E-state index is 9.69. The summed E-state index contributed by atoms with van der Waals surface area (Å²) in [5.74, 6) is -0.440. The van der Waals surface area contributed by atoms with Crippen molar-refractivity contribution in [2.75, 3.05) is 0 Å². The molecule has 0 atom stereocenters. The SMILES string of the molecule is O.O.O=[N+]([O-])c1nnn[nH]1.[Na+]. The Bertz CT molecular complexity index is 186. The molecule has 0 unspecified atom stereocenters. The first-order valence-corrected chi connectivity index (χ1v) is 1.69. The van der Waals surface area contributed by atoms with E-state index in [1.165, 1.54) is 0 Å². The molecule has 5 N–H and O–H groups in total. The maximum Gasteiger partial charge on any atom is 1.00 e. The third kappa shape index (κ3) is 4.75. The molecule has 0 aliphatic heterocycles. The molecule has 0 saturated carbocycles. The van der Waals surface area contributed by atoms with Crippen LogP contribution < -0.4 is 29.6 Å². The Morgan fingerprint density at radius 2 is 2.00 bits per heavy atom. The van der Waals surface area contributed by atoms with Gasteiger partial charge in [0, 0.05) is 5.21 Å². The van der Waals surface area contributed by atoms with Crippen LogP contribution in [0.25, 0.3) is 0 Å². The van der Waals surface area contributed by atoms with Crippen molar-refractivity contribution in [1.82, 2.24) is 20.6 Å². The van der Waals surface area contributed by atoms with Crippen LogP contribution >= 0.6 is 0 Å². The van der Waals surface area contributed by atoms with Gasteiger partial charge in [-0.2, -0.15) is 0 Å². The van der Waals surface area contributed by atoms with Crippen molar-refractivity contribution < 1.29 is 45.4 Å². The molecule has 1 heterocycles. The summed E-state index contributed by atoms with van der Waals surface area (Å²) in [6, 6.07) is 0. The van der Waals surface area contributed by atoms with Crippen molar-refractivity contribution in [3.05, 3.63) is 10.1 Å². The number of nitrogens with one attached hydrogen (secondary N) is 1. The minimum atomic E-state index is -0.708. The Kier molecular flexibility index (Phi) is 11.4. The molecular formula is CH5N5NaO4+. The quantitative estimate of drug-likeness (QED) is 0.254. The first-order chi connectivity index (χ1) is 3.80. The van der Waals surface area contributed by atoms with Crippen LogP contribution in [0.2, 0.25) is 0 Å². The van der Waals surface area contributed by atoms with E-state index in [2.05, 4.69) is 15.5 Å². The maximum atomic E-state index is 9.69. The molecule has 0 aliphatic rings. The molecule has 0 spiro atoms. The van der Waals surface area contributed by atoms with E-state index in [4.69, 9.17) is 0 Å². The molecule has 0 saturated heterocycles. The third-order valence-electron chi connectivity index (χ3n) is 0.507. The van der Waals surface area contributed by atoms with E-state index in [-0.39, 0.29) is 40.5 Å². The summed E-state index contributed by atoms with van der Waals surface area (Å²) in [5, 5.41) is 20.6. The van der Waals surface area contributed by atoms with Gasteiger partial charge < -0.3 is 21.1 Å². The van der Waals surface area contributed by atoms with Crippen molar-refractivity contribution in [3.63, 3.8) is 0 Å². The topological polar surface area (TPSA) is 161 Å². The number of hydrogen-bond donors (Lipinski definition) is 1. The van der Waals surface area contributed by atoms with E-state index >= 15 is 0 Å². The van der Waals surface area contributed by atoms with E-state index in [1.807, 2.05) is 5.10 Å². The minimum Gasteiger partial charge on any atom is -0.412 e. The van der Waals surface area contributed by atoms with Crippen LogP contribution in [-0.2, 0) is 0 Å². The molecule has 10 heteroatoms. The smallest absolute Gasteiger partial charge is 0.412 e. The number of nitrogens with zero attached hydrogens (tertiary/aromatic N) is 4. The average Bonchev–Trinajstić information content (AvgIpc) is 2.12. The largest absolute Gasteiger partial charge is 1.00 e. The second kappa shape index (κ2) is 7.50. The zero-order chi connectivity index (χ0) is 5.98. The van der Waals surface area contributed by atoms with Crippen LogP contribution in [-0.4, -0.2) is 36.5 Å². The molecule has 0 radical (unpaired) electrons. The number of hydrogen-bond acceptors (Lipinski definition) is 5. The zero-order valence-electron chi connectivity index (χ0n) is 5.61. The van der Waals surface area contributed by atoms with Gasteiger partial charge in [-0.3, -0.25) is 0 Å². The summed E-state index contributed by atoms with van der Waals surface area (Å²) in [6.45, 7) is 0. The van der Waals surface area contributed by atoms with Gasteiger partial charge in [-0.05, 0) is 4.92 Å². The van der Waals surface area contributed by atoms with Gasteiger partial charge in [0.1, 0.15) is 0 Å². The minimum absolute atomic E-state index is 0. The normalized spacial score (nSPS) is 6.55. The number of aromatic amines is 1. The standard InChI is InChI=1S/CHN5O2.Na.2H2O/c7-6(8)1-2-4-5-3-1;;;/h(H,2,3,4,5);;2*1H2/q;+1;;. The summed E-state index contributed by atoms with van der Waals surface area (Å²) in [4.78, 5) is 8.99. The van der Waals surface area contributed by atoms with E-state index < -0.39 is 10.9 Å². The van der Waals surface area contributed by atoms with Crippen molar-refractivity contribution in [2.45, 2.75) is 0 Å². The molecule has 0 amide bonds. The Balaban J connectivity index is -0.000000213. The first-order valence-electron chi connectivity index (χ1n) is 1.69. The van der Waals surface area contributed by atoms with Gasteiger partial charge in [0.05, 0.1) is 10.3 Å². The summed E-state index contributed by atoms with van der Waals surface area (Å²) in [5.41, 5.74) is 0. The molecule has 0 aromatic carbocycles. The van der Waals surface area contributed by atoms with Gasteiger partial charge in [0.25, 0.3) is 0 Å². The van der Waals surface area contributed by atoms with Crippen LogP contribution in [0.1, 0.15) is 0 Å². The van der Waals surface area contributed by atoms with Gasteiger partial charge >= 0.3 is 35.5 Å². The van der Waals surface area contributed by atoms with Crippen molar-refractivity contribution >= 4 is 5.95 Å². The second-order valence-electron chi connectivity index (χ2n) is 0.982. The predicted molar refractivity (Wildman–Crippen MR) is 28.1 cm³/mol. The Morgan fingerprint density at radius 1 is 1.45 bits per heavy atom. The van der Waals surface area contributed by atoms with E-state index in [0.717, 1.165) is 0 Å². The third-order valence-corrected chi connectivity index (χ3v) is 0.507. The molecule has 9 nitrogen and oxygen atoms in total. The number of H-pyrrole nitrogens is 1. The van der Waals surface area contributed by atoms with Crippen LogP contribution in [0.3, 0.4) is 0 Å². The average molecular weight is 174 g/mol. The van der Waals surface area contributed by atoms with E-state index in [9.17, 15) is 10.1 Å². The monoisotopic (exact) mass is 174 g/mol. The number of rotatable bonds is 1. The van der Waals surface area contributed by atoms with Crippen LogP contribution in [0.15, 0.2) is 0 Å².